The Kier molecular flexibility index (Phi) is 2.29. The van der Waals surface area contributed by atoms with Crippen molar-refractivity contribution in [1.82, 2.24) is 0 Å². The minimum Gasteiger partial charge on any atom is -0.235 e. The summed E-state index contributed by atoms with van der Waals surface area (Å²) in [6.45, 7) is 0. The molecule has 0 aromatic rings. The molecule has 49 valence electrons. The Balaban J connectivity index is 2.52. The first-order chi connectivity index (χ1) is 4.33. The quantitative estimate of drug-likeness (QED) is 0.498. The lowest BCUT2D eigenvalue weighted by Crippen LogP contribution is -1.91. The standard InChI is InChI=1S/C7H7ClF/c8-5-6-1-3-7(9)4-2-6/h1-3H,4-5H2. The lowest BCUT2D eigenvalue weighted by molar-refractivity contribution is 0.529. The molecule has 0 aliphatic heterocycles. The normalized spacial score (nSPS) is 20.0. The molecule has 1 aliphatic rings. The first-order valence-electron chi connectivity index (χ1n) is 2.77. The molecule has 1 rings (SSSR count). The van der Waals surface area contributed by atoms with E-state index in [2.05, 4.69) is 0 Å². The highest BCUT2D eigenvalue weighted by Gasteiger charge is 2.05. The molecule has 1 aliphatic carbocycles. The number of alkyl halides is 1. The van der Waals surface area contributed by atoms with Gasteiger partial charge in [-0.3, -0.25) is 0 Å². The maximum Gasteiger partial charge on any atom is 0.170 e. The Bertz CT molecular complexity index is 149. The third kappa shape index (κ3) is 1.83. The molecule has 0 amide bonds. The summed E-state index contributed by atoms with van der Waals surface area (Å²) in [6, 6.07) is 0. The number of rotatable bonds is 1. The molecule has 2 heteroatoms. The second-order valence-corrected chi connectivity index (χ2v) is 2.16. The lowest BCUT2D eigenvalue weighted by atomic mass is 10.1. The van der Waals surface area contributed by atoms with Gasteiger partial charge in [0.2, 0.25) is 0 Å². The third-order valence-electron chi connectivity index (χ3n) is 1.19. The van der Waals surface area contributed by atoms with Crippen LogP contribution in [0.4, 0.5) is 4.39 Å². The van der Waals surface area contributed by atoms with Crippen LogP contribution in [0.3, 0.4) is 0 Å². The Hall–Kier alpha value is -0.300. The van der Waals surface area contributed by atoms with Gasteiger partial charge in [0.15, 0.2) is 6.17 Å². The third-order valence-corrected chi connectivity index (χ3v) is 1.50. The lowest BCUT2D eigenvalue weighted by Gasteiger charge is -2.04. The number of halogens is 2. The average molecular weight is 146 g/mol. The summed E-state index contributed by atoms with van der Waals surface area (Å²) in [5, 5.41) is 0. The molecule has 0 aromatic carbocycles. The van der Waals surface area contributed by atoms with Crippen LogP contribution in [0.1, 0.15) is 6.42 Å². The van der Waals surface area contributed by atoms with Crippen LogP contribution in [-0.2, 0) is 0 Å². The summed E-state index contributed by atoms with van der Waals surface area (Å²) in [7, 11) is 0. The van der Waals surface area contributed by atoms with Crippen LogP contribution in [0.2, 0.25) is 0 Å². The van der Waals surface area contributed by atoms with E-state index in [-0.39, 0.29) is 6.17 Å². The maximum atomic E-state index is 12.2. The van der Waals surface area contributed by atoms with Crippen molar-refractivity contribution < 1.29 is 4.39 Å². The highest BCUT2D eigenvalue weighted by atomic mass is 35.5. The van der Waals surface area contributed by atoms with Crippen LogP contribution in [0.15, 0.2) is 23.8 Å². The highest BCUT2D eigenvalue weighted by Crippen LogP contribution is 2.19. The van der Waals surface area contributed by atoms with Crippen LogP contribution in [0, 0.1) is 6.17 Å². The van der Waals surface area contributed by atoms with Crippen LogP contribution in [-0.4, -0.2) is 5.88 Å². The summed E-state index contributed by atoms with van der Waals surface area (Å²) in [6.07, 6.45) is 5.26. The monoisotopic (exact) mass is 145 g/mol. The molecule has 0 spiro atoms. The predicted octanol–water partition coefficient (Wildman–Crippen LogP) is 2.61. The second kappa shape index (κ2) is 3.02. The molecule has 0 atom stereocenters. The van der Waals surface area contributed by atoms with Crippen molar-refractivity contribution in [3.8, 4) is 0 Å². The van der Waals surface area contributed by atoms with Gasteiger partial charge < -0.3 is 0 Å². The zero-order valence-electron chi connectivity index (χ0n) is 4.90. The average Bonchev–Trinajstić information content (AvgIpc) is 1.90. The maximum absolute atomic E-state index is 12.2. The first kappa shape index (κ1) is 6.81. The molecule has 0 bridgehead atoms. The molecule has 0 N–H and O–H groups in total. The first-order valence-corrected chi connectivity index (χ1v) is 3.31. The molecule has 0 saturated carbocycles. The molecule has 0 aromatic heterocycles. The van der Waals surface area contributed by atoms with E-state index in [9.17, 15) is 4.39 Å². The van der Waals surface area contributed by atoms with Crippen molar-refractivity contribution >= 4 is 11.6 Å². The van der Waals surface area contributed by atoms with Gasteiger partial charge in [-0.1, -0.05) is 12.2 Å². The van der Waals surface area contributed by atoms with E-state index in [1.165, 1.54) is 6.08 Å². The minimum absolute atomic E-state index is 0.0936. The molecule has 1 radical (unpaired) electrons. The molecular formula is C7H7ClF. The molecule has 0 saturated heterocycles. The van der Waals surface area contributed by atoms with Gasteiger partial charge in [0, 0.05) is 12.3 Å². The number of hydrogen-bond acceptors (Lipinski definition) is 0. The largest absolute Gasteiger partial charge is 0.235 e. The molecule has 0 fully saturated rings. The van der Waals surface area contributed by atoms with Crippen molar-refractivity contribution in [3.05, 3.63) is 30.0 Å². The minimum atomic E-state index is -0.0936. The van der Waals surface area contributed by atoms with E-state index >= 15 is 0 Å². The van der Waals surface area contributed by atoms with Gasteiger partial charge in [-0.2, -0.15) is 0 Å². The summed E-state index contributed by atoms with van der Waals surface area (Å²) >= 11 is 5.48. The molecule has 0 nitrogen and oxygen atoms in total. The summed E-state index contributed by atoms with van der Waals surface area (Å²) in [5.74, 6) is 0.476. The van der Waals surface area contributed by atoms with Gasteiger partial charge in [-0.05, 0) is 11.6 Å². The van der Waals surface area contributed by atoms with Crippen molar-refractivity contribution in [1.29, 1.82) is 0 Å². The van der Waals surface area contributed by atoms with E-state index in [4.69, 9.17) is 11.6 Å². The predicted molar refractivity (Wildman–Crippen MR) is 36.9 cm³/mol. The number of allylic oxidation sites excluding steroid dienone is 4. The smallest absolute Gasteiger partial charge is 0.170 e. The van der Waals surface area contributed by atoms with Crippen LogP contribution in [0.5, 0.6) is 0 Å². The van der Waals surface area contributed by atoms with E-state index in [0.717, 1.165) is 5.57 Å². The van der Waals surface area contributed by atoms with Gasteiger partial charge in [-0.25, -0.2) is 4.39 Å². The summed E-state index contributed by atoms with van der Waals surface area (Å²) in [5.41, 5.74) is 0.998. The van der Waals surface area contributed by atoms with Crippen molar-refractivity contribution in [2.75, 3.05) is 5.88 Å². The Morgan fingerprint density at radius 1 is 1.56 bits per heavy atom. The fourth-order valence-corrected chi connectivity index (χ4v) is 0.859. The van der Waals surface area contributed by atoms with Gasteiger partial charge in [0.25, 0.3) is 0 Å². The molecule has 9 heavy (non-hydrogen) atoms. The van der Waals surface area contributed by atoms with Crippen LogP contribution >= 0.6 is 11.6 Å². The van der Waals surface area contributed by atoms with Gasteiger partial charge >= 0.3 is 0 Å². The SMILES string of the molecule is F[C]1C=CC(CCl)=CC1. The van der Waals surface area contributed by atoms with Gasteiger partial charge in [0.05, 0.1) is 0 Å². The summed E-state index contributed by atoms with van der Waals surface area (Å²) < 4.78 is 12.2. The van der Waals surface area contributed by atoms with Crippen molar-refractivity contribution in [3.63, 3.8) is 0 Å². The number of hydrogen-bond donors (Lipinski definition) is 0. The van der Waals surface area contributed by atoms with E-state index in [0.29, 0.717) is 12.3 Å². The topological polar surface area (TPSA) is 0 Å². The Labute approximate surface area is 59.0 Å². The zero-order valence-corrected chi connectivity index (χ0v) is 5.66. The van der Waals surface area contributed by atoms with E-state index in [1.807, 2.05) is 0 Å². The molecule has 0 unspecified atom stereocenters. The van der Waals surface area contributed by atoms with Crippen molar-refractivity contribution in [2.24, 2.45) is 0 Å². The Morgan fingerprint density at radius 2 is 2.33 bits per heavy atom. The van der Waals surface area contributed by atoms with Crippen LogP contribution in [0.25, 0.3) is 0 Å². The fraction of sp³-hybridized carbons (Fsp3) is 0.286. The highest BCUT2D eigenvalue weighted by molar-refractivity contribution is 6.19. The van der Waals surface area contributed by atoms with Crippen molar-refractivity contribution in [2.45, 2.75) is 6.42 Å². The second-order valence-electron chi connectivity index (χ2n) is 1.90. The summed E-state index contributed by atoms with van der Waals surface area (Å²) in [4.78, 5) is 0. The van der Waals surface area contributed by atoms with Gasteiger partial charge in [-0.15, -0.1) is 11.6 Å². The fourth-order valence-electron chi connectivity index (χ4n) is 0.661. The molecule has 0 heterocycles. The molecular weight excluding hydrogens is 139 g/mol. The van der Waals surface area contributed by atoms with E-state index in [1.54, 1.807) is 12.2 Å². The zero-order chi connectivity index (χ0) is 6.69. The van der Waals surface area contributed by atoms with E-state index < -0.39 is 0 Å². The Morgan fingerprint density at radius 3 is 2.78 bits per heavy atom. The van der Waals surface area contributed by atoms with Crippen LogP contribution < -0.4 is 0 Å². The van der Waals surface area contributed by atoms with Gasteiger partial charge in [0.1, 0.15) is 0 Å².